The van der Waals surface area contributed by atoms with Gasteiger partial charge in [-0.25, -0.2) is 0 Å². The van der Waals surface area contributed by atoms with Crippen LogP contribution in [0.25, 0.3) is 33.4 Å². The molecule has 0 atom stereocenters. The monoisotopic (exact) mass is 515 g/mol. The molecule has 0 bridgehead atoms. The summed E-state index contributed by atoms with van der Waals surface area (Å²) in [6, 6.07) is 41.1. The maximum absolute atomic E-state index is 3.89. The average Bonchev–Trinajstić information content (AvgIpc) is 3.12. The summed E-state index contributed by atoms with van der Waals surface area (Å²) in [4.78, 5) is 0. The van der Waals surface area contributed by atoms with Gasteiger partial charge in [0.05, 0.1) is 0 Å². The zero-order valence-corrected chi connectivity index (χ0v) is 21.4. The Hall–Kier alpha value is -3.62. The molecule has 0 radical (unpaired) electrons. The van der Waals surface area contributed by atoms with E-state index >= 15 is 0 Å². The molecule has 2 heteroatoms. The predicted octanol–water partition coefficient (Wildman–Crippen LogP) is 9.83. The molecular formula is C33H26BrN. The first-order chi connectivity index (χ1) is 17.0. The molecule has 1 nitrogen and oxygen atoms in total. The average molecular weight is 516 g/mol. The third kappa shape index (κ3) is 3.69. The topological polar surface area (TPSA) is 12.0 Å². The van der Waals surface area contributed by atoms with Crippen LogP contribution in [0.3, 0.4) is 0 Å². The number of anilines is 2. The molecule has 0 aromatic heterocycles. The van der Waals surface area contributed by atoms with Gasteiger partial charge in [-0.1, -0.05) is 121 Å². The summed E-state index contributed by atoms with van der Waals surface area (Å²) in [6.45, 7) is 4.70. The van der Waals surface area contributed by atoms with Gasteiger partial charge in [0.2, 0.25) is 0 Å². The first-order valence-corrected chi connectivity index (χ1v) is 12.8. The van der Waals surface area contributed by atoms with Gasteiger partial charge in [-0.3, -0.25) is 0 Å². The molecule has 0 saturated heterocycles. The Balaban J connectivity index is 1.58. The second-order valence-electron chi connectivity index (χ2n) is 9.63. The van der Waals surface area contributed by atoms with Crippen LogP contribution < -0.4 is 5.32 Å². The smallest absolute Gasteiger partial charge is 0.0467 e. The van der Waals surface area contributed by atoms with Crippen LogP contribution >= 0.6 is 15.9 Å². The number of fused-ring (bicyclic) bond motifs is 3. The lowest BCUT2D eigenvalue weighted by Crippen LogP contribution is -2.17. The third-order valence-electron chi connectivity index (χ3n) is 7.12. The predicted molar refractivity (Wildman–Crippen MR) is 152 cm³/mol. The van der Waals surface area contributed by atoms with Crippen LogP contribution in [0.4, 0.5) is 11.4 Å². The van der Waals surface area contributed by atoms with E-state index in [1.807, 2.05) is 6.07 Å². The lowest BCUT2D eigenvalue weighted by molar-refractivity contribution is 0.662. The highest BCUT2D eigenvalue weighted by Gasteiger charge is 2.38. The quantitative estimate of drug-likeness (QED) is 0.251. The number of rotatable bonds is 4. The molecule has 5 aromatic carbocycles. The first-order valence-electron chi connectivity index (χ1n) is 12.0. The van der Waals surface area contributed by atoms with Crippen molar-refractivity contribution in [2.24, 2.45) is 0 Å². The first kappa shape index (κ1) is 21.9. The lowest BCUT2D eigenvalue weighted by Gasteiger charge is -2.27. The molecule has 0 unspecified atom stereocenters. The van der Waals surface area contributed by atoms with Gasteiger partial charge in [-0.05, 0) is 63.2 Å². The van der Waals surface area contributed by atoms with Gasteiger partial charge in [0.25, 0.3) is 0 Å². The van der Waals surface area contributed by atoms with Crippen molar-refractivity contribution in [3.05, 3.63) is 131 Å². The van der Waals surface area contributed by atoms with E-state index < -0.39 is 0 Å². The molecule has 1 N–H and O–H groups in total. The second-order valence-corrected chi connectivity index (χ2v) is 10.5. The molecule has 1 aliphatic carbocycles. The van der Waals surface area contributed by atoms with Crippen molar-refractivity contribution in [2.75, 3.05) is 5.32 Å². The Kier molecular flexibility index (Phi) is 5.35. The molecule has 35 heavy (non-hydrogen) atoms. The molecule has 1 aliphatic rings. The maximum Gasteiger partial charge on any atom is 0.0467 e. The van der Waals surface area contributed by atoms with E-state index in [4.69, 9.17) is 0 Å². The summed E-state index contributed by atoms with van der Waals surface area (Å²) in [5.41, 5.74) is 12.4. The number of hydrogen-bond donors (Lipinski definition) is 1. The van der Waals surface area contributed by atoms with Crippen molar-refractivity contribution in [1.29, 1.82) is 0 Å². The van der Waals surface area contributed by atoms with Gasteiger partial charge >= 0.3 is 0 Å². The number of hydrogen-bond acceptors (Lipinski definition) is 1. The standard InChI is InChI=1S/C33H26BrN/c1-33(2)28-16-10-9-15-26(28)27-19-20-30(35-24-13-7-4-8-14-24)31(32(27)33)23-17-18-25(29(34)21-23)22-11-5-3-6-12-22/h3-21,35H,1-2H3. The van der Waals surface area contributed by atoms with Gasteiger partial charge in [-0.2, -0.15) is 0 Å². The molecule has 0 aliphatic heterocycles. The Morgan fingerprint density at radius 2 is 1.26 bits per heavy atom. The van der Waals surface area contributed by atoms with Crippen molar-refractivity contribution in [3.8, 4) is 33.4 Å². The minimum atomic E-state index is -0.111. The van der Waals surface area contributed by atoms with Crippen LogP contribution in [0, 0.1) is 0 Å². The lowest BCUT2D eigenvalue weighted by atomic mass is 9.78. The fourth-order valence-corrected chi connectivity index (χ4v) is 6.09. The highest BCUT2D eigenvalue weighted by molar-refractivity contribution is 9.10. The summed E-state index contributed by atoms with van der Waals surface area (Å²) in [6.07, 6.45) is 0. The van der Waals surface area contributed by atoms with Crippen LogP contribution in [-0.2, 0) is 5.41 Å². The van der Waals surface area contributed by atoms with E-state index in [1.54, 1.807) is 0 Å². The zero-order valence-electron chi connectivity index (χ0n) is 19.8. The Bertz CT molecular complexity index is 1540. The molecule has 6 rings (SSSR count). The summed E-state index contributed by atoms with van der Waals surface area (Å²) >= 11 is 3.89. The minimum absolute atomic E-state index is 0.111. The molecule has 0 heterocycles. The molecular weight excluding hydrogens is 490 g/mol. The van der Waals surface area contributed by atoms with Gasteiger partial charge in [0.1, 0.15) is 0 Å². The van der Waals surface area contributed by atoms with Crippen LogP contribution in [-0.4, -0.2) is 0 Å². The molecule has 5 aromatic rings. The van der Waals surface area contributed by atoms with Crippen LogP contribution in [0.5, 0.6) is 0 Å². The molecule has 0 amide bonds. The van der Waals surface area contributed by atoms with E-state index in [1.165, 1.54) is 44.5 Å². The number of para-hydroxylation sites is 1. The molecule has 170 valence electrons. The Morgan fingerprint density at radius 3 is 2.00 bits per heavy atom. The van der Waals surface area contributed by atoms with Gasteiger partial charge < -0.3 is 5.32 Å². The molecule has 0 spiro atoms. The largest absolute Gasteiger partial charge is 0.355 e. The van der Waals surface area contributed by atoms with Gasteiger partial charge in [0, 0.05) is 26.8 Å². The Labute approximate surface area is 215 Å². The fraction of sp³-hybridized carbons (Fsp3) is 0.0909. The van der Waals surface area contributed by atoms with E-state index in [0.717, 1.165) is 15.8 Å². The van der Waals surface area contributed by atoms with Gasteiger partial charge in [0.15, 0.2) is 0 Å². The SMILES string of the molecule is CC1(C)c2ccccc2-c2ccc(Nc3ccccc3)c(-c3ccc(-c4ccccc4)c(Br)c3)c21. The Morgan fingerprint density at radius 1 is 0.600 bits per heavy atom. The van der Waals surface area contributed by atoms with E-state index in [0.29, 0.717) is 0 Å². The van der Waals surface area contributed by atoms with Crippen LogP contribution in [0.15, 0.2) is 120 Å². The highest BCUT2D eigenvalue weighted by atomic mass is 79.9. The zero-order chi connectivity index (χ0) is 24.0. The number of halogens is 1. The highest BCUT2D eigenvalue weighted by Crippen LogP contribution is 2.54. The van der Waals surface area contributed by atoms with Gasteiger partial charge in [-0.15, -0.1) is 0 Å². The third-order valence-corrected chi connectivity index (χ3v) is 7.77. The van der Waals surface area contributed by atoms with Crippen molar-refractivity contribution < 1.29 is 0 Å². The molecule has 0 fully saturated rings. The van der Waals surface area contributed by atoms with Crippen LogP contribution in [0.2, 0.25) is 0 Å². The van der Waals surface area contributed by atoms with Crippen molar-refractivity contribution >= 4 is 27.3 Å². The van der Waals surface area contributed by atoms with E-state index in [2.05, 4.69) is 144 Å². The summed E-state index contributed by atoms with van der Waals surface area (Å²) in [5.74, 6) is 0. The number of benzene rings is 5. The molecule has 0 saturated carbocycles. The van der Waals surface area contributed by atoms with Crippen molar-refractivity contribution in [2.45, 2.75) is 19.3 Å². The maximum atomic E-state index is 3.89. The second kappa shape index (κ2) is 8.55. The summed E-state index contributed by atoms with van der Waals surface area (Å²) < 4.78 is 1.10. The van der Waals surface area contributed by atoms with Crippen LogP contribution in [0.1, 0.15) is 25.0 Å². The normalized spacial score (nSPS) is 13.2. The fourth-order valence-electron chi connectivity index (χ4n) is 5.48. The summed E-state index contributed by atoms with van der Waals surface area (Å²) in [5, 5.41) is 3.72. The van der Waals surface area contributed by atoms with Crippen molar-refractivity contribution in [1.82, 2.24) is 0 Å². The van der Waals surface area contributed by atoms with E-state index in [-0.39, 0.29) is 5.41 Å². The van der Waals surface area contributed by atoms with E-state index in [9.17, 15) is 0 Å². The van der Waals surface area contributed by atoms with Crippen molar-refractivity contribution in [3.63, 3.8) is 0 Å². The number of nitrogens with one attached hydrogen (secondary N) is 1. The minimum Gasteiger partial charge on any atom is -0.355 e. The summed E-state index contributed by atoms with van der Waals surface area (Å²) in [7, 11) is 0.